The Labute approximate surface area is 118 Å². The predicted octanol–water partition coefficient (Wildman–Crippen LogP) is 3.20. The summed E-state index contributed by atoms with van der Waals surface area (Å²) in [6, 6.07) is 6.85. The number of rotatable bonds is 7. The molecule has 0 aromatic heterocycles. The summed E-state index contributed by atoms with van der Waals surface area (Å²) in [5, 5.41) is 12.1. The molecule has 108 valence electrons. The van der Waals surface area contributed by atoms with Crippen LogP contribution >= 0.6 is 0 Å². The van der Waals surface area contributed by atoms with Gasteiger partial charge in [0.2, 0.25) is 0 Å². The molecule has 0 atom stereocenters. The van der Waals surface area contributed by atoms with Crippen molar-refractivity contribution < 1.29 is 5.11 Å². The second kappa shape index (κ2) is 7.66. The first-order valence-electron chi connectivity index (χ1n) is 7.36. The lowest BCUT2D eigenvalue weighted by Crippen LogP contribution is -2.19. The third kappa shape index (κ3) is 5.75. The summed E-state index contributed by atoms with van der Waals surface area (Å²) in [5.41, 5.74) is 4.46. The minimum absolute atomic E-state index is 0.228. The van der Waals surface area contributed by atoms with E-state index in [2.05, 4.69) is 51.2 Å². The van der Waals surface area contributed by atoms with Gasteiger partial charge in [0.15, 0.2) is 0 Å². The van der Waals surface area contributed by atoms with Crippen molar-refractivity contribution in [1.29, 1.82) is 0 Å². The van der Waals surface area contributed by atoms with Crippen LogP contribution in [-0.2, 0) is 11.8 Å². The van der Waals surface area contributed by atoms with Gasteiger partial charge in [-0.25, -0.2) is 0 Å². The Balaban J connectivity index is 2.43. The van der Waals surface area contributed by atoms with Crippen LogP contribution in [0, 0.1) is 6.92 Å². The summed E-state index contributed by atoms with van der Waals surface area (Å²) in [7, 11) is 0. The molecule has 0 saturated carbocycles. The van der Waals surface area contributed by atoms with E-state index < -0.39 is 0 Å². The molecule has 0 aliphatic heterocycles. The lowest BCUT2D eigenvalue weighted by molar-refractivity contribution is 0.284. The highest BCUT2D eigenvalue weighted by molar-refractivity contribution is 5.34. The van der Waals surface area contributed by atoms with E-state index in [-0.39, 0.29) is 5.41 Å². The van der Waals surface area contributed by atoms with Crippen LogP contribution < -0.4 is 5.32 Å². The minimum Gasteiger partial charge on any atom is -0.396 e. The van der Waals surface area contributed by atoms with Gasteiger partial charge >= 0.3 is 0 Å². The number of nitrogens with one attached hydrogen (secondary N) is 1. The smallest absolute Gasteiger partial charge is 0.0431 e. The second-order valence-corrected chi connectivity index (χ2v) is 6.32. The largest absolute Gasteiger partial charge is 0.396 e. The highest BCUT2D eigenvalue weighted by Crippen LogP contribution is 2.24. The van der Waals surface area contributed by atoms with E-state index in [4.69, 9.17) is 5.11 Å². The van der Waals surface area contributed by atoms with Crippen LogP contribution in [0.3, 0.4) is 0 Å². The topological polar surface area (TPSA) is 32.3 Å². The van der Waals surface area contributed by atoms with Gasteiger partial charge in [-0.05, 0) is 61.4 Å². The van der Waals surface area contributed by atoms with Crippen LogP contribution in [0.1, 0.15) is 50.3 Å². The first-order valence-corrected chi connectivity index (χ1v) is 7.36. The van der Waals surface area contributed by atoms with Crippen molar-refractivity contribution >= 4 is 0 Å². The van der Waals surface area contributed by atoms with E-state index in [1.807, 2.05) is 0 Å². The molecular formula is C17H29NO. The summed E-state index contributed by atoms with van der Waals surface area (Å²) in [4.78, 5) is 0. The van der Waals surface area contributed by atoms with Gasteiger partial charge in [-0.3, -0.25) is 0 Å². The van der Waals surface area contributed by atoms with Crippen molar-refractivity contribution in [3.8, 4) is 0 Å². The van der Waals surface area contributed by atoms with Gasteiger partial charge in [-0.2, -0.15) is 0 Å². The lowest BCUT2D eigenvalue weighted by Gasteiger charge is -2.20. The van der Waals surface area contributed by atoms with Gasteiger partial charge in [0.1, 0.15) is 0 Å². The van der Waals surface area contributed by atoms with Crippen LogP contribution in [0.25, 0.3) is 0 Å². The SMILES string of the molecule is Cc1cc(C(C)(C)C)ccc1CCNCCCCO. The van der Waals surface area contributed by atoms with E-state index in [1.165, 1.54) is 16.7 Å². The van der Waals surface area contributed by atoms with Gasteiger partial charge in [0, 0.05) is 6.61 Å². The third-order valence-corrected chi connectivity index (χ3v) is 3.54. The zero-order chi connectivity index (χ0) is 14.3. The first-order chi connectivity index (χ1) is 8.95. The predicted molar refractivity (Wildman–Crippen MR) is 82.8 cm³/mol. The van der Waals surface area contributed by atoms with E-state index in [0.717, 1.165) is 32.4 Å². The van der Waals surface area contributed by atoms with Crippen LogP contribution in [0.4, 0.5) is 0 Å². The van der Waals surface area contributed by atoms with Gasteiger partial charge in [-0.15, -0.1) is 0 Å². The molecule has 2 nitrogen and oxygen atoms in total. The quantitative estimate of drug-likeness (QED) is 0.740. The molecule has 0 spiro atoms. The van der Waals surface area contributed by atoms with E-state index in [9.17, 15) is 0 Å². The molecule has 19 heavy (non-hydrogen) atoms. The monoisotopic (exact) mass is 263 g/mol. The standard InChI is InChI=1S/C17H29NO/c1-14-13-16(17(2,3)4)8-7-15(14)9-11-18-10-5-6-12-19/h7-8,13,18-19H,5-6,9-12H2,1-4H3. The average molecular weight is 263 g/mol. The molecule has 2 heteroatoms. The van der Waals surface area contributed by atoms with Gasteiger partial charge in [-0.1, -0.05) is 39.0 Å². The zero-order valence-corrected chi connectivity index (χ0v) is 12.9. The minimum atomic E-state index is 0.228. The number of unbranched alkanes of at least 4 members (excludes halogenated alkanes) is 1. The molecule has 0 aliphatic rings. The number of hydrogen-bond donors (Lipinski definition) is 2. The fraction of sp³-hybridized carbons (Fsp3) is 0.647. The molecule has 0 fully saturated rings. The molecular weight excluding hydrogens is 234 g/mol. The third-order valence-electron chi connectivity index (χ3n) is 3.54. The van der Waals surface area contributed by atoms with Crippen molar-refractivity contribution in [2.45, 2.75) is 52.4 Å². The molecule has 0 unspecified atom stereocenters. The number of aliphatic hydroxyl groups is 1. The maximum Gasteiger partial charge on any atom is 0.0431 e. The number of hydrogen-bond acceptors (Lipinski definition) is 2. The molecule has 0 saturated heterocycles. The Hall–Kier alpha value is -0.860. The lowest BCUT2D eigenvalue weighted by atomic mass is 9.85. The molecule has 1 aromatic carbocycles. The van der Waals surface area contributed by atoms with Crippen molar-refractivity contribution in [3.63, 3.8) is 0 Å². The van der Waals surface area contributed by atoms with Crippen LogP contribution in [0.5, 0.6) is 0 Å². The second-order valence-electron chi connectivity index (χ2n) is 6.32. The van der Waals surface area contributed by atoms with Gasteiger partial charge < -0.3 is 10.4 Å². The first kappa shape index (κ1) is 16.2. The fourth-order valence-corrected chi connectivity index (χ4v) is 2.15. The summed E-state index contributed by atoms with van der Waals surface area (Å²) in [6.07, 6.45) is 3.03. The summed E-state index contributed by atoms with van der Waals surface area (Å²) in [5.74, 6) is 0. The fourth-order valence-electron chi connectivity index (χ4n) is 2.15. The normalized spacial score (nSPS) is 11.8. The van der Waals surface area contributed by atoms with Gasteiger partial charge in [0.25, 0.3) is 0 Å². The molecule has 1 aromatic rings. The van der Waals surface area contributed by atoms with E-state index in [0.29, 0.717) is 6.61 Å². The molecule has 1 rings (SSSR count). The molecule has 0 bridgehead atoms. The summed E-state index contributed by atoms with van der Waals surface area (Å²) < 4.78 is 0. The Morgan fingerprint density at radius 1 is 1.11 bits per heavy atom. The zero-order valence-electron chi connectivity index (χ0n) is 12.9. The molecule has 0 heterocycles. The molecule has 2 N–H and O–H groups in total. The molecule has 0 amide bonds. The maximum atomic E-state index is 8.70. The van der Waals surface area contributed by atoms with E-state index >= 15 is 0 Å². The Bertz CT molecular complexity index is 379. The number of benzene rings is 1. The molecule has 0 aliphatic carbocycles. The summed E-state index contributed by atoms with van der Waals surface area (Å²) >= 11 is 0. The van der Waals surface area contributed by atoms with Crippen LogP contribution in [0.15, 0.2) is 18.2 Å². The average Bonchev–Trinajstić information content (AvgIpc) is 2.34. The number of aliphatic hydroxyl groups excluding tert-OH is 1. The van der Waals surface area contributed by atoms with E-state index in [1.54, 1.807) is 0 Å². The highest BCUT2D eigenvalue weighted by atomic mass is 16.2. The summed E-state index contributed by atoms with van der Waals surface area (Å²) in [6.45, 7) is 11.3. The Morgan fingerprint density at radius 3 is 2.42 bits per heavy atom. The Kier molecular flexibility index (Phi) is 6.53. The van der Waals surface area contributed by atoms with Crippen molar-refractivity contribution in [3.05, 3.63) is 34.9 Å². The highest BCUT2D eigenvalue weighted by Gasteiger charge is 2.14. The maximum absolute atomic E-state index is 8.70. The van der Waals surface area contributed by atoms with Crippen molar-refractivity contribution in [1.82, 2.24) is 5.32 Å². The Morgan fingerprint density at radius 2 is 1.84 bits per heavy atom. The molecule has 0 radical (unpaired) electrons. The van der Waals surface area contributed by atoms with Crippen LogP contribution in [-0.4, -0.2) is 24.8 Å². The van der Waals surface area contributed by atoms with Crippen molar-refractivity contribution in [2.24, 2.45) is 0 Å². The number of aryl methyl sites for hydroxylation is 1. The van der Waals surface area contributed by atoms with Gasteiger partial charge in [0.05, 0.1) is 0 Å². The van der Waals surface area contributed by atoms with Crippen LogP contribution in [0.2, 0.25) is 0 Å². The van der Waals surface area contributed by atoms with Crippen molar-refractivity contribution in [2.75, 3.05) is 19.7 Å².